The lowest BCUT2D eigenvalue weighted by Crippen LogP contribution is -2.26. The van der Waals surface area contributed by atoms with Crippen LogP contribution in [0.1, 0.15) is 32.4 Å². The van der Waals surface area contributed by atoms with Crippen molar-refractivity contribution in [3.05, 3.63) is 24.0 Å². The molecule has 0 fully saturated rings. The molecule has 2 aromatic heterocycles. The number of rotatable bonds is 5. The number of fused-ring (bicyclic) bond motifs is 1. The zero-order valence-corrected chi connectivity index (χ0v) is 11.5. The highest BCUT2D eigenvalue weighted by atomic mass is 16.1. The fourth-order valence-electron chi connectivity index (χ4n) is 1.78. The van der Waals surface area contributed by atoms with E-state index in [1.165, 1.54) is 6.92 Å². The maximum absolute atomic E-state index is 10.8. The van der Waals surface area contributed by atoms with Crippen LogP contribution in [0.5, 0.6) is 0 Å². The van der Waals surface area contributed by atoms with Crippen LogP contribution in [0.2, 0.25) is 0 Å². The van der Waals surface area contributed by atoms with Gasteiger partial charge in [0, 0.05) is 37.8 Å². The predicted molar refractivity (Wildman–Crippen MR) is 74.2 cm³/mol. The fraction of sp³-hybridized carbons (Fsp3) is 0.462. The molecule has 0 aliphatic heterocycles. The van der Waals surface area contributed by atoms with Crippen LogP contribution in [0.4, 0.5) is 5.82 Å². The maximum Gasteiger partial charge on any atom is 0.216 e. The number of hydrogen-bond donors (Lipinski definition) is 2. The Morgan fingerprint density at radius 1 is 1.42 bits per heavy atom. The number of nitrogens with one attached hydrogen (secondary N) is 2. The van der Waals surface area contributed by atoms with Gasteiger partial charge in [0.05, 0.1) is 6.20 Å². The van der Waals surface area contributed by atoms with E-state index in [1.807, 2.05) is 12.1 Å². The van der Waals surface area contributed by atoms with Crippen LogP contribution in [0, 0.1) is 0 Å². The Labute approximate surface area is 112 Å². The number of amides is 1. The molecule has 0 spiro atoms. The number of carbonyl (C=O) groups excluding carboxylic acids is 1. The largest absolute Gasteiger partial charge is 0.368 e. The minimum atomic E-state index is -0.0244. The van der Waals surface area contributed by atoms with E-state index in [1.54, 1.807) is 10.7 Å². The first-order valence-electron chi connectivity index (χ1n) is 6.41. The Kier molecular flexibility index (Phi) is 3.99. The van der Waals surface area contributed by atoms with Gasteiger partial charge in [-0.1, -0.05) is 13.8 Å². The fourth-order valence-corrected chi connectivity index (χ4v) is 1.78. The van der Waals surface area contributed by atoms with Gasteiger partial charge < -0.3 is 10.6 Å². The zero-order valence-electron chi connectivity index (χ0n) is 11.5. The Hall–Kier alpha value is -2.11. The molecule has 0 aliphatic carbocycles. The Bertz CT molecular complexity index is 575. The van der Waals surface area contributed by atoms with Crippen LogP contribution in [0.3, 0.4) is 0 Å². The standard InChI is InChI=1S/C13H19N5O/c1-9(2)11-8-13(15-7-6-14-10(3)19)18-12(17-11)4-5-16-18/h4-5,8-9,15H,6-7H2,1-3H3,(H,14,19). The average molecular weight is 261 g/mol. The highest BCUT2D eigenvalue weighted by Crippen LogP contribution is 2.18. The second-order valence-corrected chi connectivity index (χ2v) is 4.73. The van der Waals surface area contributed by atoms with E-state index in [0.717, 1.165) is 17.2 Å². The van der Waals surface area contributed by atoms with Gasteiger partial charge in [0.15, 0.2) is 5.65 Å². The zero-order chi connectivity index (χ0) is 13.8. The van der Waals surface area contributed by atoms with Crippen LogP contribution >= 0.6 is 0 Å². The van der Waals surface area contributed by atoms with Gasteiger partial charge in [0.2, 0.25) is 5.91 Å². The summed E-state index contributed by atoms with van der Waals surface area (Å²) >= 11 is 0. The molecular formula is C13H19N5O. The molecule has 0 bridgehead atoms. The molecule has 0 unspecified atom stereocenters. The molecule has 19 heavy (non-hydrogen) atoms. The van der Waals surface area contributed by atoms with Gasteiger partial charge >= 0.3 is 0 Å². The van der Waals surface area contributed by atoms with Gasteiger partial charge in [0.1, 0.15) is 5.82 Å². The predicted octanol–water partition coefficient (Wildman–Crippen LogP) is 1.40. The van der Waals surface area contributed by atoms with E-state index in [-0.39, 0.29) is 5.91 Å². The average Bonchev–Trinajstić information content (AvgIpc) is 2.82. The quantitative estimate of drug-likeness (QED) is 0.798. The molecule has 102 valence electrons. The van der Waals surface area contributed by atoms with Gasteiger partial charge in [-0.3, -0.25) is 4.79 Å². The molecule has 0 aromatic carbocycles. The van der Waals surface area contributed by atoms with Gasteiger partial charge in [-0.2, -0.15) is 9.61 Å². The molecule has 0 aliphatic rings. The molecule has 0 saturated carbocycles. The topological polar surface area (TPSA) is 71.3 Å². The van der Waals surface area contributed by atoms with Crippen LogP contribution < -0.4 is 10.6 Å². The summed E-state index contributed by atoms with van der Waals surface area (Å²) in [7, 11) is 0. The number of nitrogens with zero attached hydrogens (tertiary/aromatic N) is 3. The van der Waals surface area contributed by atoms with E-state index in [0.29, 0.717) is 19.0 Å². The lowest BCUT2D eigenvalue weighted by atomic mass is 10.1. The van der Waals surface area contributed by atoms with Crippen LogP contribution in [0.15, 0.2) is 18.3 Å². The van der Waals surface area contributed by atoms with E-state index in [2.05, 4.69) is 34.6 Å². The van der Waals surface area contributed by atoms with Crippen LogP contribution in [-0.4, -0.2) is 33.6 Å². The van der Waals surface area contributed by atoms with Crippen molar-refractivity contribution in [2.45, 2.75) is 26.7 Å². The number of hydrogen-bond acceptors (Lipinski definition) is 4. The van der Waals surface area contributed by atoms with Crippen molar-refractivity contribution in [1.82, 2.24) is 19.9 Å². The van der Waals surface area contributed by atoms with Crippen molar-refractivity contribution >= 4 is 17.4 Å². The third-order valence-corrected chi connectivity index (χ3v) is 2.78. The number of carbonyl (C=O) groups is 1. The molecule has 0 saturated heterocycles. The van der Waals surface area contributed by atoms with Crippen molar-refractivity contribution in [3.63, 3.8) is 0 Å². The van der Waals surface area contributed by atoms with E-state index in [4.69, 9.17) is 0 Å². The van der Waals surface area contributed by atoms with Gasteiger partial charge in [-0.15, -0.1) is 0 Å². The number of anilines is 1. The van der Waals surface area contributed by atoms with Gasteiger partial charge in [-0.05, 0) is 5.92 Å². The normalized spacial score (nSPS) is 10.9. The summed E-state index contributed by atoms with van der Waals surface area (Å²) in [5.74, 6) is 1.23. The van der Waals surface area contributed by atoms with Gasteiger partial charge in [0.25, 0.3) is 0 Å². The summed E-state index contributed by atoms with van der Waals surface area (Å²) in [6.07, 6.45) is 1.73. The molecule has 0 atom stereocenters. The first-order chi connectivity index (χ1) is 9.08. The third kappa shape index (κ3) is 3.21. The lowest BCUT2D eigenvalue weighted by Gasteiger charge is -2.12. The van der Waals surface area contributed by atoms with Crippen LogP contribution in [0.25, 0.3) is 5.65 Å². The minimum Gasteiger partial charge on any atom is -0.368 e. The summed E-state index contributed by atoms with van der Waals surface area (Å²) in [4.78, 5) is 15.3. The van der Waals surface area contributed by atoms with Crippen molar-refractivity contribution in [2.24, 2.45) is 0 Å². The van der Waals surface area contributed by atoms with Gasteiger partial charge in [-0.25, -0.2) is 4.98 Å². The Morgan fingerprint density at radius 2 is 2.21 bits per heavy atom. The van der Waals surface area contributed by atoms with Crippen molar-refractivity contribution in [1.29, 1.82) is 0 Å². The molecule has 2 rings (SSSR count). The van der Waals surface area contributed by atoms with E-state index in [9.17, 15) is 4.79 Å². The number of aromatic nitrogens is 3. The molecular weight excluding hydrogens is 242 g/mol. The maximum atomic E-state index is 10.8. The Morgan fingerprint density at radius 3 is 2.89 bits per heavy atom. The molecule has 2 aromatic rings. The first kappa shape index (κ1) is 13.3. The van der Waals surface area contributed by atoms with Crippen molar-refractivity contribution in [2.75, 3.05) is 18.4 Å². The molecule has 6 heteroatoms. The second-order valence-electron chi connectivity index (χ2n) is 4.73. The third-order valence-electron chi connectivity index (χ3n) is 2.78. The minimum absolute atomic E-state index is 0.0244. The van der Waals surface area contributed by atoms with Crippen molar-refractivity contribution < 1.29 is 4.79 Å². The summed E-state index contributed by atoms with van der Waals surface area (Å²) in [6, 6.07) is 3.88. The van der Waals surface area contributed by atoms with E-state index >= 15 is 0 Å². The summed E-state index contributed by atoms with van der Waals surface area (Å²) in [6.45, 7) is 6.95. The van der Waals surface area contributed by atoms with Crippen molar-refractivity contribution in [3.8, 4) is 0 Å². The lowest BCUT2D eigenvalue weighted by molar-refractivity contribution is -0.118. The van der Waals surface area contributed by atoms with E-state index < -0.39 is 0 Å². The highest BCUT2D eigenvalue weighted by Gasteiger charge is 2.08. The molecule has 1 amide bonds. The smallest absolute Gasteiger partial charge is 0.216 e. The molecule has 2 N–H and O–H groups in total. The highest BCUT2D eigenvalue weighted by molar-refractivity contribution is 5.72. The molecule has 2 heterocycles. The molecule has 0 radical (unpaired) electrons. The summed E-state index contributed by atoms with van der Waals surface area (Å²) < 4.78 is 1.76. The van der Waals surface area contributed by atoms with Crippen LogP contribution in [-0.2, 0) is 4.79 Å². The monoisotopic (exact) mass is 261 g/mol. The summed E-state index contributed by atoms with van der Waals surface area (Å²) in [5.41, 5.74) is 1.85. The molecule has 6 nitrogen and oxygen atoms in total. The second kappa shape index (κ2) is 5.69. The summed E-state index contributed by atoms with van der Waals surface area (Å²) in [5, 5.41) is 10.3. The SMILES string of the molecule is CC(=O)NCCNc1cc(C(C)C)nc2ccnn12. The first-order valence-corrected chi connectivity index (χ1v) is 6.41. The Balaban J connectivity index is 2.15.